The predicted octanol–water partition coefficient (Wildman–Crippen LogP) is 4.37. The monoisotopic (exact) mass is 354 g/mol. The van der Waals surface area contributed by atoms with Crippen LogP contribution in [-0.4, -0.2) is 10.5 Å². The van der Waals surface area contributed by atoms with Crippen LogP contribution in [0.15, 0.2) is 34.4 Å². The number of hydrogen-bond donors (Lipinski definition) is 1. The molecule has 1 N–H and O–H groups in total. The summed E-state index contributed by atoms with van der Waals surface area (Å²) < 4.78 is 6.90. The minimum atomic E-state index is 0.0962. The Hall–Kier alpha value is -0.910. The molecule has 2 rings (SSSR count). The number of halogens is 1. The summed E-state index contributed by atoms with van der Waals surface area (Å²) in [4.78, 5) is 5.17. The summed E-state index contributed by atoms with van der Waals surface area (Å²) in [6.07, 6.45) is 1.84. The molecular weight excluding hydrogens is 336 g/mol. The van der Waals surface area contributed by atoms with Crippen LogP contribution in [0.4, 0.5) is 0 Å². The largest absolute Gasteiger partial charge is 0.488 e. The quantitative estimate of drug-likeness (QED) is 0.865. The van der Waals surface area contributed by atoms with E-state index < -0.39 is 0 Å². The summed E-state index contributed by atoms with van der Waals surface area (Å²) >= 11 is 5.19. The Morgan fingerprint density at radius 2 is 2.15 bits per heavy atom. The van der Waals surface area contributed by atoms with Gasteiger partial charge >= 0.3 is 0 Å². The molecule has 0 spiro atoms. The normalized spacial score (nSPS) is 11.6. The Balaban J connectivity index is 2.00. The van der Waals surface area contributed by atoms with Crippen LogP contribution >= 0.6 is 27.3 Å². The highest BCUT2D eigenvalue weighted by atomic mass is 79.9. The number of hydrogen-bond acceptors (Lipinski definition) is 4. The lowest BCUT2D eigenvalue weighted by atomic mass is 10.1. The molecule has 0 bridgehead atoms. The second-order valence-corrected chi connectivity index (χ2v) is 7.44. The van der Waals surface area contributed by atoms with Crippen LogP contribution < -0.4 is 10.1 Å². The van der Waals surface area contributed by atoms with Gasteiger partial charge in [0.1, 0.15) is 12.4 Å². The smallest absolute Gasteiger partial charge is 0.124 e. The number of nitrogens with one attached hydrogen (secondary N) is 1. The van der Waals surface area contributed by atoms with Crippen LogP contribution in [0.3, 0.4) is 0 Å². The Labute approximate surface area is 132 Å². The first-order valence-corrected chi connectivity index (χ1v) is 8.15. The summed E-state index contributed by atoms with van der Waals surface area (Å²) in [6.45, 7) is 7.85. The van der Waals surface area contributed by atoms with E-state index in [0.29, 0.717) is 6.61 Å². The van der Waals surface area contributed by atoms with Crippen molar-refractivity contribution in [3.8, 4) is 5.75 Å². The van der Waals surface area contributed by atoms with E-state index >= 15 is 0 Å². The van der Waals surface area contributed by atoms with Gasteiger partial charge in [0.15, 0.2) is 0 Å². The molecule has 0 atom stereocenters. The van der Waals surface area contributed by atoms with Crippen molar-refractivity contribution in [2.75, 3.05) is 0 Å². The van der Waals surface area contributed by atoms with Crippen molar-refractivity contribution in [2.45, 2.75) is 39.5 Å². The zero-order chi connectivity index (χ0) is 14.6. The van der Waals surface area contributed by atoms with Crippen LogP contribution in [-0.2, 0) is 13.2 Å². The molecule has 0 radical (unpaired) electrons. The van der Waals surface area contributed by atoms with Crippen LogP contribution in [0.5, 0.6) is 5.75 Å². The van der Waals surface area contributed by atoms with Crippen molar-refractivity contribution in [1.29, 1.82) is 0 Å². The molecule has 0 aliphatic rings. The van der Waals surface area contributed by atoms with Gasteiger partial charge < -0.3 is 10.1 Å². The van der Waals surface area contributed by atoms with Gasteiger partial charge in [-0.15, -0.1) is 11.3 Å². The topological polar surface area (TPSA) is 34.1 Å². The number of aromatic nitrogens is 1. The summed E-state index contributed by atoms with van der Waals surface area (Å²) in [6, 6.07) is 6.08. The van der Waals surface area contributed by atoms with Gasteiger partial charge in [-0.3, -0.25) is 4.98 Å². The maximum atomic E-state index is 5.80. The van der Waals surface area contributed by atoms with Gasteiger partial charge in [0, 0.05) is 22.8 Å². The van der Waals surface area contributed by atoms with E-state index in [1.54, 1.807) is 11.3 Å². The van der Waals surface area contributed by atoms with Gasteiger partial charge in [-0.1, -0.05) is 15.9 Å². The molecule has 3 nitrogen and oxygen atoms in total. The van der Waals surface area contributed by atoms with Crippen LogP contribution in [0, 0.1) is 0 Å². The zero-order valence-electron chi connectivity index (χ0n) is 11.9. The van der Waals surface area contributed by atoms with Crippen molar-refractivity contribution < 1.29 is 4.74 Å². The fraction of sp³-hybridized carbons (Fsp3) is 0.400. The van der Waals surface area contributed by atoms with Crippen LogP contribution in [0.1, 0.15) is 31.2 Å². The maximum absolute atomic E-state index is 5.80. The highest BCUT2D eigenvalue weighted by Gasteiger charge is 2.10. The van der Waals surface area contributed by atoms with Gasteiger partial charge in [-0.2, -0.15) is 0 Å². The molecule has 1 aromatic heterocycles. The number of thiazole rings is 1. The highest BCUT2D eigenvalue weighted by Crippen LogP contribution is 2.24. The van der Waals surface area contributed by atoms with E-state index in [1.165, 1.54) is 5.56 Å². The van der Waals surface area contributed by atoms with Crippen molar-refractivity contribution >= 4 is 27.3 Å². The fourth-order valence-corrected chi connectivity index (χ4v) is 2.50. The summed E-state index contributed by atoms with van der Waals surface area (Å²) in [5.74, 6) is 0.882. The van der Waals surface area contributed by atoms with Gasteiger partial charge in [0.05, 0.1) is 10.4 Å². The highest BCUT2D eigenvalue weighted by molar-refractivity contribution is 9.10. The molecule has 0 unspecified atom stereocenters. The predicted molar refractivity (Wildman–Crippen MR) is 87.2 cm³/mol. The second kappa shape index (κ2) is 6.70. The first-order chi connectivity index (χ1) is 9.44. The minimum absolute atomic E-state index is 0.0962. The van der Waals surface area contributed by atoms with E-state index in [1.807, 2.05) is 23.8 Å². The SMILES string of the molecule is CC(C)(C)NCc1cc(OCc2cncs2)ccc1Br. The van der Waals surface area contributed by atoms with Gasteiger partial charge in [0.25, 0.3) is 0 Å². The lowest BCUT2D eigenvalue weighted by molar-refractivity contribution is 0.309. The van der Waals surface area contributed by atoms with Crippen LogP contribution in [0.25, 0.3) is 0 Å². The molecule has 5 heteroatoms. The minimum Gasteiger partial charge on any atom is -0.488 e. The molecular formula is C15H19BrN2OS. The second-order valence-electron chi connectivity index (χ2n) is 5.61. The summed E-state index contributed by atoms with van der Waals surface area (Å²) in [7, 11) is 0. The first-order valence-electron chi connectivity index (χ1n) is 6.48. The number of benzene rings is 1. The molecule has 0 fully saturated rings. The number of nitrogens with zero attached hydrogens (tertiary/aromatic N) is 1. The Bertz CT molecular complexity index is 549. The molecule has 0 aliphatic carbocycles. The van der Waals surface area contributed by atoms with Crippen molar-refractivity contribution in [3.05, 3.63) is 44.8 Å². The van der Waals surface area contributed by atoms with E-state index in [4.69, 9.17) is 4.74 Å². The molecule has 0 saturated carbocycles. The molecule has 1 heterocycles. The lowest BCUT2D eigenvalue weighted by Crippen LogP contribution is -2.35. The van der Waals surface area contributed by atoms with E-state index in [9.17, 15) is 0 Å². The fourth-order valence-electron chi connectivity index (χ4n) is 1.60. The van der Waals surface area contributed by atoms with Crippen molar-refractivity contribution in [3.63, 3.8) is 0 Å². The van der Waals surface area contributed by atoms with Gasteiger partial charge in [-0.25, -0.2) is 0 Å². The summed E-state index contributed by atoms with van der Waals surface area (Å²) in [5.41, 5.74) is 3.11. The third-order valence-corrected chi connectivity index (χ3v) is 4.22. The Morgan fingerprint density at radius 1 is 1.35 bits per heavy atom. The summed E-state index contributed by atoms with van der Waals surface area (Å²) in [5, 5.41) is 3.48. The van der Waals surface area contributed by atoms with Gasteiger partial charge in [0.2, 0.25) is 0 Å². The third kappa shape index (κ3) is 4.89. The maximum Gasteiger partial charge on any atom is 0.124 e. The van der Waals surface area contributed by atoms with Crippen molar-refractivity contribution in [1.82, 2.24) is 10.3 Å². The van der Waals surface area contributed by atoms with Gasteiger partial charge in [-0.05, 0) is 44.5 Å². The molecule has 1 aromatic carbocycles. The average Bonchev–Trinajstić information content (AvgIpc) is 2.88. The Kier molecular flexibility index (Phi) is 5.18. The number of rotatable bonds is 5. The van der Waals surface area contributed by atoms with Crippen LogP contribution in [0.2, 0.25) is 0 Å². The van der Waals surface area contributed by atoms with E-state index in [2.05, 4.69) is 53.1 Å². The Morgan fingerprint density at radius 3 is 2.80 bits per heavy atom. The third-order valence-electron chi connectivity index (χ3n) is 2.69. The van der Waals surface area contributed by atoms with E-state index in [-0.39, 0.29) is 5.54 Å². The standard InChI is InChI=1S/C15H19BrN2OS/c1-15(2,3)18-7-11-6-12(4-5-14(11)16)19-9-13-8-17-10-20-13/h4-6,8,10,18H,7,9H2,1-3H3. The molecule has 0 amide bonds. The molecule has 2 aromatic rings. The first kappa shape index (κ1) is 15.5. The van der Waals surface area contributed by atoms with E-state index in [0.717, 1.165) is 21.6 Å². The molecule has 108 valence electrons. The zero-order valence-corrected chi connectivity index (χ0v) is 14.3. The molecule has 0 saturated heterocycles. The number of ether oxygens (including phenoxy) is 1. The molecule has 20 heavy (non-hydrogen) atoms. The molecule has 0 aliphatic heterocycles. The average molecular weight is 355 g/mol. The lowest BCUT2D eigenvalue weighted by Gasteiger charge is -2.21. The van der Waals surface area contributed by atoms with Crippen molar-refractivity contribution in [2.24, 2.45) is 0 Å².